The molecule has 4 heterocycles. The number of carboxylic acids is 1. The molecular weight excluding hydrogens is 846 g/mol. The molecule has 2 fully saturated rings. The largest absolute Gasteiger partial charge is 0.478 e. The molecule has 0 saturated carbocycles. The van der Waals surface area contributed by atoms with Crippen LogP contribution in [0.25, 0.3) is 44.6 Å². The fraction of sp³-hybridized carbons (Fsp3) is 0.200. The number of halogens is 4. The molecule has 15 heteroatoms. The number of carbonyl (C=O) groups is 4. The minimum absolute atomic E-state index is 0.00612. The Balaban J connectivity index is 0.000000179. The molecule has 4 N–H and O–H groups in total. The number of furan rings is 2. The second-order valence-electron chi connectivity index (χ2n) is 12.4. The van der Waals surface area contributed by atoms with E-state index in [1.165, 1.54) is 43.4 Å². The number of nitrogens with two attached hydrogens (primary N) is 1. The van der Waals surface area contributed by atoms with Crippen LogP contribution in [0.2, 0.25) is 0 Å². The molecule has 55 heavy (non-hydrogen) atoms. The van der Waals surface area contributed by atoms with Crippen LogP contribution in [-0.4, -0.2) is 56.0 Å². The van der Waals surface area contributed by atoms with Crippen LogP contribution in [0.15, 0.2) is 90.6 Å². The zero-order chi connectivity index (χ0) is 39.6. The van der Waals surface area contributed by atoms with Gasteiger partial charge in [0.15, 0.2) is 0 Å². The van der Waals surface area contributed by atoms with Crippen molar-refractivity contribution < 1.29 is 41.9 Å². The van der Waals surface area contributed by atoms with E-state index in [1.54, 1.807) is 53.2 Å². The summed E-state index contributed by atoms with van der Waals surface area (Å²) in [5, 5.41) is 13.3. The number of carbonyl (C=O) groups excluding carboxylic acids is 3. The quantitative estimate of drug-likeness (QED) is 0.150. The average Bonchev–Trinajstić information content (AvgIpc) is 3.97. The van der Waals surface area contributed by atoms with Crippen molar-refractivity contribution in [2.75, 3.05) is 37.0 Å². The Morgan fingerprint density at radius 1 is 0.709 bits per heavy atom. The number of benzene rings is 4. The summed E-state index contributed by atoms with van der Waals surface area (Å²) in [6, 6.07) is 18.1. The van der Waals surface area contributed by atoms with Gasteiger partial charge in [-0.25, -0.2) is 13.6 Å². The lowest BCUT2D eigenvalue weighted by Crippen LogP contribution is -2.24. The van der Waals surface area contributed by atoms with Crippen LogP contribution in [-0.2, 0) is 9.59 Å². The first-order valence-corrected chi connectivity index (χ1v) is 18.7. The van der Waals surface area contributed by atoms with E-state index in [4.69, 9.17) is 8.83 Å². The summed E-state index contributed by atoms with van der Waals surface area (Å²) >= 11 is 6.95. The molecule has 8 rings (SSSR count). The number of rotatable bonds is 6. The van der Waals surface area contributed by atoms with Gasteiger partial charge in [-0.2, -0.15) is 0 Å². The molecule has 6 aromatic rings. The van der Waals surface area contributed by atoms with Crippen molar-refractivity contribution in [2.45, 2.75) is 25.7 Å². The molecular formula is C40H34Br2F2N4O7. The minimum Gasteiger partial charge on any atom is -0.478 e. The highest BCUT2D eigenvalue weighted by molar-refractivity contribution is 9.11. The van der Waals surface area contributed by atoms with Crippen molar-refractivity contribution in [2.24, 2.45) is 5.73 Å². The molecule has 2 saturated heterocycles. The molecule has 284 valence electrons. The molecule has 11 nitrogen and oxygen atoms in total. The molecule has 0 aliphatic carbocycles. The van der Waals surface area contributed by atoms with Crippen LogP contribution in [0, 0.1) is 11.6 Å². The third kappa shape index (κ3) is 7.77. The van der Waals surface area contributed by atoms with Gasteiger partial charge in [-0.3, -0.25) is 14.4 Å². The monoisotopic (exact) mass is 878 g/mol. The number of nitrogens with zero attached hydrogens (tertiary/aromatic N) is 2. The highest BCUT2D eigenvalue weighted by Gasteiger charge is 2.29. The maximum Gasteiger partial charge on any atom is 0.340 e. The van der Waals surface area contributed by atoms with E-state index in [1.807, 2.05) is 0 Å². The Morgan fingerprint density at radius 2 is 1.11 bits per heavy atom. The van der Waals surface area contributed by atoms with E-state index in [0.717, 1.165) is 12.8 Å². The lowest BCUT2D eigenvalue weighted by atomic mass is 10.0. The molecule has 0 radical (unpaired) electrons. The summed E-state index contributed by atoms with van der Waals surface area (Å²) in [6.07, 6.45) is 2.60. The van der Waals surface area contributed by atoms with Crippen molar-refractivity contribution in [3.8, 4) is 22.6 Å². The maximum absolute atomic E-state index is 13.3. The van der Waals surface area contributed by atoms with Crippen LogP contribution in [0.4, 0.5) is 20.2 Å². The molecule has 4 aromatic carbocycles. The van der Waals surface area contributed by atoms with Crippen LogP contribution in [0.1, 0.15) is 46.4 Å². The van der Waals surface area contributed by atoms with E-state index >= 15 is 0 Å². The van der Waals surface area contributed by atoms with Crippen LogP contribution < -0.4 is 20.9 Å². The van der Waals surface area contributed by atoms with E-state index in [2.05, 4.69) is 42.9 Å². The van der Waals surface area contributed by atoms with Gasteiger partial charge in [0.25, 0.3) is 5.91 Å². The lowest BCUT2D eigenvalue weighted by Gasteiger charge is -2.17. The van der Waals surface area contributed by atoms with Crippen LogP contribution >= 0.6 is 31.9 Å². The fourth-order valence-electron chi connectivity index (χ4n) is 6.60. The van der Waals surface area contributed by atoms with Crippen molar-refractivity contribution in [1.82, 2.24) is 5.32 Å². The van der Waals surface area contributed by atoms with E-state index < -0.39 is 11.8 Å². The fourth-order valence-corrected chi connectivity index (χ4v) is 7.72. The normalized spacial score (nSPS) is 13.9. The Bertz CT molecular complexity index is 2450. The summed E-state index contributed by atoms with van der Waals surface area (Å²) in [5.41, 5.74) is 8.16. The third-order valence-electron chi connectivity index (χ3n) is 9.12. The summed E-state index contributed by atoms with van der Waals surface area (Å²) in [5.74, 6) is -1.62. The number of hydrogen-bond acceptors (Lipinski definition) is 7. The SMILES string of the molecule is CN.CNC(=O)c1c(-c2ccc(F)cc2)oc2cc(N3CCCC3=O)c(Br)cc12.O=C(O)c1c(-c2ccc(F)cc2)oc2cc(N3CCCC3=O)c(Br)cc12. The molecule has 3 amide bonds. The van der Waals surface area contributed by atoms with E-state index in [0.29, 0.717) is 90.6 Å². The Labute approximate surface area is 330 Å². The molecule has 0 bridgehead atoms. The molecule has 2 aromatic heterocycles. The maximum atomic E-state index is 13.3. The highest BCUT2D eigenvalue weighted by atomic mass is 79.9. The van der Waals surface area contributed by atoms with Gasteiger partial charge in [-0.1, -0.05) is 0 Å². The first-order valence-electron chi connectivity index (χ1n) is 17.1. The topological polar surface area (TPSA) is 159 Å². The Hall–Kier alpha value is -5.38. The highest BCUT2D eigenvalue weighted by Crippen LogP contribution is 2.42. The standard InChI is InChI=1S/C20H16BrFN2O3.C19H13BrFNO4.CH5N/c1-23-20(26)18-13-9-14(21)15(24-8-2-3-17(24)25)10-16(13)27-19(18)11-4-6-12(22)7-5-11;20-13-8-12-15(9-14(13)22-7-1-2-16(22)23)26-18(17(12)19(24)25)10-3-5-11(21)6-4-10;1-2/h4-7,9-10H,2-3,8H2,1H3,(H,23,26);3-6,8-9H,1-2,7H2,(H,24,25);2H2,1H3. The Kier molecular flexibility index (Phi) is 11.8. The average molecular weight is 881 g/mol. The zero-order valence-electron chi connectivity index (χ0n) is 29.6. The summed E-state index contributed by atoms with van der Waals surface area (Å²) in [7, 11) is 3.04. The number of nitrogens with one attached hydrogen (secondary N) is 1. The second kappa shape index (κ2) is 16.6. The zero-order valence-corrected chi connectivity index (χ0v) is 32.7. The number of hydrogen-bond donors (Lipinski definition) is 3. The van der Waals surface area contributed by atoms with Crippen LogP contribution in [0.5, 0.6) is 0 Å². The van der Waals surface area contributed by atoms with E-state index in [9.17, 15) is 33.1 Å². The van der Waals surface area contributed by atoms with Crippen molar-refractivity contribution >= 4 is 88.9 Å². The molecule has 2 aliphatic rings. The smallest absolute Gasteiger partial charge is 0.340 e. The van der Waals surface area contributed by atoms with Gasteiger partial charge in [0.05, 0.1) is 16.9 Å². The number of fused-ring (bicyclic) bond motifs is 2. The summed E-state index contributed by atoms with van der Waals surface area (Å²) in [4.78, 5) is 51.9. The van der Waals surface area contributed by atoms with Crippen molar-refractivity contribution in [3.05, 3.63) is 105 Å². The summed E-state index contributed by atoms with van der Waals surface area (Å²) in [6.45, 7) is 1.26. The molecule has 0 unspecified atom stereocenters. The lowest BCUT2D eigenvalue weighted by molar-refractivity contribution is -0.117. The number of amides is 3. The number of aromatic carboxylic acids is 1. The van der Waals surface area contributed by atoms with Gasteiger partial charge >= 0.3 is 5.97 Å². The van der Waals surface area contributed by atoms with Gasteiger partial charge in [0, 0.05) is 76.0 Å². The first kappa shape index (κ1) is 39.3. The third-order valence-corrected chi connectivity index (χ3v) is 10.4. The van der Waals surface area contributed by atoms with Gasteiger partial charge in [0.1, 0.15) is 39.9 Å². The first-order chi connectivity index (χ1) is 26.4. The number of carboxylic acid groups (broad SMARTS) is 1. The number of anilines is 2. The molecule has 2 aliphatic heterocycles. The predicted octanol–water partition coefficient (Wildman–Crippen LogP) is 8.89. The Morgan fingerprint density at radius 3 is 1.47 bits per heavy atom. The molecule has 0 spiro atoms. The molecule has 0 atom stereocenters. The van der Waals surface area contributed by atoms with Gasteiger partial charge in [-0.15, -0.1) is 0 Å². The predicted molar refractivity (Wildman–Crippen MR) is 212 cm³/mol. The minimum atomic E-state index is -1.14. The second-order valence-corrected chi connectivity index (χ2v) is 14.1. The van der Waals surface area contributed by atoms with Crippen LogP contribution in [0.3, 0.4) is 0 Å². The summed E-state index contributed by atoms with van der Waals surface area (Å²) < 4.78 is 39.6. The van der Waals surface area contributed by atoms with Crippen molar-refractivity contribution in [1.29, 1.82) is 0 Å². The van der Waals surface area contributed by atoms with Gasteiger partial charge in [0.2, 0.25) is 11.8 Å². The van der Waals surface area contributed by atoms with Crippen molar-refractivity contribution in [3.63, 3.8) is 0 Å². The van der Waals surface area contributed by atoms with Gasteiger partial charge < -0.3 is 34.8 Å². The van der Waals surface area contributed by atoms with E-state index in [-0.39, 0.29) is 34.9 Å². The van der Waals surface area contributed by atoms with Gasteiger partial charge in [-0.05, 0) is 112 Å².